The molecule has 6 heteroatoms. The van der Waals surface area contributed by atoms with Crippen LogP contribution in [0.4, 0.5) is 4.79 Å². The van der Waals surface area contributed by atoms with E-state index in [1.165, 1.54) is 6.92 Å². The van der Waals surface area contributed by atoms with Crippen molar-refractivity contribution in [3.63, 3.8) is 0 Å². The van der Waals surface area contributed by atoms with E-state index in [0.29, 0.717) is 18.0 Å². The number of hydrogen-bond acceptors (Lipinski definition) is 5. The third kappa shape index (κ3) is 5.13. The van der Waals surface area contributed by atoms with E-state index in [9.17, 15) is 4.79 Å². The van der Waals surface area contributed by atoms with E-state index in [2.05, 4.69) is 13.8 Å². The maximum atomic E-state index is 13.1. The van der Waals surface area contributed by atoms with Gasteiger partial charge in [0.2, 0.25) is 5.90 Å². The van der Waals surface area contributed by atoms with E-state index in [1.807, 2.05) is 49.4 Å². The molecule has 1 heterocycles. The predicted octanol–water partition coefficient (Wildman–Crippen LogP) is 5.87. The summed E-state index contributed by atoms with van der Waals surface area (Å²) in [4.78, 5) is 14.9. The van der Waals surface area contributed by atoms with Crippen molar-refractivity contribution >= 4 is 17.9 Å². The molecule has 1 amide bonds. The number of rotatable bonds is 6. The summed E-state index contributed by atoms with van der Waals surface area (Å²) >= 11 is 0. The first kappa shape index (κ1) is 22.5. The first-order valence-corrected chi connectivity index (χ1v) is 10.7. The second kappa shape index (κ2) is 9.33. The van der Waals surface area contributed by atoms with Crippen molar-refractivity contribution < 1.29 is 14.3 Å². The van der Waals surface area contributed by atoms with E-state index in [0.717, 1.165) is 24.0 Å². The fourth-order valence-corrected chi connectivity index (χ4v) is 4.19. The molecule has 2 aromatic carbocycles. The van der Waals surface area contributed by atoms with Crippen molar-refractivity contribution in [2.45, 2.75) is 52.2 Å². The minimum Gasteiger partial charge on any atom is -0.438 e. The fourth-order valence-electron chi connectivity index (χ4n) is 4.19. The van der Waals surface area contributed by atoms with Gasteiger partial charge >= 0.3 is 6.09 Å². The van der Waals surface area contributed by atoms with Gasteiger partial charge in [0.05, 0.1) is 6.04 Å². The van der Waals surface area contributed by atoms with E-state index in [1.54, 1.807) is 17.0 Å². The number of cyclic esters (lactones) is 1. The van der Waals surface area contributed by atoms with Crippen molar-refractivity contribution in [3.05, 3.63) is 71.3 Å². The van der Waals surface area contributed by atoms with Gasteiger partial charge in [-0.1, -0.05) is 56.3 Å². The van der Waals surface area contributed by atoms with Gasteiger partial charge in [0.25, 0.3) is 0 Å². The van der Waals surface area contributed by atoms with E-state index < -0.39 is 5.60 Å². The van der Waals surface area contributed by atoms with Gasteiger partial charge in [0, 0.05) is 25.5 Å². The lowest BCUT2D eigenvalue weighted by atomic mass is 9.81. The quantitative estimate of drug-likeness (QED) is 0.452. The Labute approximate surface area is 184 Å². The average Bonchev–Trinajstić information content (AvgIpc) is 2.73. The van der Waals surface area contributed by atoms with Crippen LogP contribution in [0.15, 0.2) is 54.6 Å². The second-order valence-electron chi connectivity index (χ2n) is 8.56. The number of hydrogen-bond donors (Lipinski definition) is 2. The number of ether oxygens (including phenoxy) is 2. The minimum atomic E-state index is -0.594. The van der Waals surface area contributed by atoms with Crippen molar-refractivity contribution in [1.29, 1.82) is 10.8 Å². The Morgan fingerprint density at radius 1 is 1.10 bits per heavy atom. The molecule has 0 bridgehead atoms. The summed E-state index contributed by atoms with van der Waals surface area (Å²) in [5.41, 5.74) is 2.00. The molecular weight excluding hydrogens is 390 g/mol. The summed E-state index contributed by atoms with van der Waals surface area (Å²) in [6, 6.07) is 17.2. The number of carbonyl (C=O) groups is 1. The van der Waals surface area contributed by atoms with Crippen molar-refractivity contribution in [1.82, 2.24) is 4.90 Å². The Morgan fingerprint density at radius 3 is 2.29 bits per heavy atom. The summed E-state index contributed by atoms with van der Waals surface area (Å²) in [6.45, 7) is 8.38. The van der Waals surface area contributed by atoms with Crippen LogP contribution in [0.3, 0.4) is 0 Å². The van der Waals surface area contributed by atoms with Gasteiger partial charge < -0.3 is 14.4 Å². The third-order valence-corrected chi connectivity index (χ3v) is 5.69. The monoisotopic (exact) mass is 421 g/mol. The normalized spacial score (nSPS) is 19.6. The summed E-state index contributed by atoms with van der Waals surface area (Å²) in [6.07, 6.45) is 1.22. The standard InChI is InChI=1S/C25H31N3O3/c1-17(2)16-25(22-8-6-5-7-9-22)14-15-28(24(29)31-25)18(3)20-10-12-21(13-11-20)23(27)30-19(4)26/h5-13,17-18,26-27H,14-16H2,1-4H3. The van der Waals surface area contributed by atoms with Crippen LogP contribution < -0.4 is 0 Å². The topological polar surface area (TPSA) is 86.5 Å². The predicted molar refractivity (Wildman–Crippen MR) is 122 cm³/mol. The molecule has 0 saturated carbocycles. The highest BCUT2D eigenvalue weighted by Crippen LogP contribution is 2.41. The van der Waals surface area contributed by atoms with Gasteiger partial charge in [-0.2, -0.15) is 0 Å². The molecule has 31 heavy (non-hydrogen) atoms. The Balaban J connectivity index is 1.76. The number of benzene rings is 2. The Morgan fingerprint density at radius 2 is 1.74 bits per heavy atom. The van der Waals surface area contributed by atoms with Crippen LogP contribution >= 0.6 is 0 Å². The number of nitrogens with one attached hydrogen (secondary N) is 2. The first-order valence-electron chi connectivity index (χ1n) is 10.7. The fraction of sp³-hybridized carbons (Fsp3) is 0.400. The Kier molecular flexibility index (Phi) is 6.78. The van der Waals surface area contributed by atoms with E-state index >= 15 is 0 Å². The molecule has 6 nitrogen and oxygen atoms in total. The van der Waals surface area contributed by atoms with Crippen LogP contribution in [0.2, 0.25) is 0 Å². The van der Waals surface area contributed by atoms with Gasteiger partial charge in [0.15, 0.2) is 5.90 Å². The van der Waals surface area contributed by atoms with Gasteiger partial charge in [0.1, 0.15) is 5.60 Å². The molecule has 1 fully saturated rings. The molecule has 1 aliphatic rings. The molecule has 2 aromatic rings. The zero-order chi connectivity index (χ0) is 22.6. The lowest BCUT2D eigenvalue weighted by Crippen LogP contribution is -2.49. The highest BCUT2D eigenvalue weighted by Gasteiger charge is 2.43. The largest absolute Gasteiger partial charge is 0.438 e. The summed E-state index contributed by atoms with van der Waals surface area (Å²) in [5, 5.41) is 15.3. The number of carbonyl (C=O) groups excluding carboxylic acids is 1. The zero-order valence-corrected chi connectivity index (χ0v) is 18.6. The lowest BCUT2D eigenvalue weighted by Gasteiger charge is -2.44. The molecular formula is C25H31N3O3. The van der Waals surface area contributed by atoms with E-state index in [-0.39, 0.29) is 23.9 Å². The lowest BCUT2D eigenvalue weighted by molar-refractivity contribution is -0.0715. The highest BCUT2D eigenvalue weighted by molar-refractivity contribution is 5.98. The van der Waals surface area contributed by atoms with E-state index in [4.69, 9.17) is 20.3 Å². The van der Waals surface area contributed by atoms with Gasteiger partial charge in [-0.15, -0.1) is 0 Å². The van der Waals surface area contributed by atoms with Crippen LogP contribution in [0.1, 0.15) is 63.3 Å². The SMILES string of the molecule is CC(=N)OC(=N)c1ccc(C(C)N2CCC(CC(C)C)(c3ccccc3)OC2=O)cc1. The molecule has 0 radical (unpaired) electrons. The zero-order valence-electron chi connectivity index (χ0n) is 18.6. The summed E-state index contributed by atoms with van der Waals surface area (Å²) in [5.74, 6) is 0.305. The van der Waals surface area contributed by atoms with Crippen LogP contribution in [0, 0.1) is 16.7 Å². The second-order valence-corrected chi connectivity index (χ2v) is 8.56. The van der Waals surface area contributed by atoms with Crippen molar-refractivity contribution in [3.8, 4) is 0 Å². The Hall–Kier alpha value is -3.15. The molecule has 3 rings (SSSR count). The summed E-state index contributed by atoms with van der Waals surface area (Å²) in [7, 11) is 0. The van der Waals surface area contributed by atoms with Crippen LogP contribution in [0.5, 0.6) is 0 Å². The molecule has 1 aliphatic heterocycles. The number of nitrogens with zero attached hydrogens (tertiary/aromatic N) is 1. The maximum Gasteiger partial charge on any atom is 0.411 e. The van der Waals surface area contributed by atoms with Crippen molar-refractivity contribution in [2.75, 3.05) is 6.54 Å². The highest BCUT2D eigenvalue weighted by atomic mass is 16.6. The molecule has 164 valence electrons. The van der Waals surface area contributed by atoms with Gasteiger partial charge in [-0.25, -0.2) is 4.79 Å². The molecule has 0 spiro atoms. The maximum absolute atomic E-state index is 13.1. The van der Waals surface area contributed by atoms with Gasteiger partial charge in [-0.05, 0) is 42.5 Å². The Bertz CT molecular complexity index is 940. The molecule has 0 aliphatic carbocycles. The molecule has 0 aromatic heterocycles. The molecule has 2 atom stereocenters. The van der Waals surface area contributed by atoms with Crippen LogP contribution in [0.25, 0.3) is 0 Å². The third-order valence-electron chi connectivity index (χ3n) is 5.69. The van der Waals surface area contributed by atoms with Gasteiger partial charge in [-0.3, -0.25) is 10.8 Å². The van der Waals surface area contributed by atoms with Crippen LogP contribution in [-0.4, -0.2) is 29.3 Å². The average molecular weight is 422 g/mol. The first-order chi connectivity index (χ1) is 14.7. The smallest absolute Gasteiger partial charge is 0.411 e. The minimum absolute atomic E-state index is 0.0261. The van der Waals surface area contributed by atoms with Crippen molar-refractivity contribution in [2.24, 2.45) is 5.92 Å². The number of amides is 1. The molecule has 2 N–H and O–H groups in total. The molecule has 1 saturated heterocycles. The summed E-state index contributed by atoms with van der Waals surface area (Å²) < 4.78 is 11.2. The van der Waals surface area contributed by atoms with Crippen LogP contribution in [-0.2, 0) is 15.1 Å². The molecule has 2 unspecified atom stereocenters.